The Morgan fingerprint density at radius 3 is 1.70 bits per heavy atom. The summed E-state index contributed by atoms with van der Waals surface area (Å²) in [6, 6.07) is 32.6. The van der Waals surface area contributed by atoms with Crippen LogP contribution in [-0.2, 0) is 0 Å². The van der Waals surface area contributed by atoms with Crippen molar-refractivity contribution in [2.75, 3.05) is 0 Å². The molecule has 0 aliphatic carbocycles. The summed E-state index contributed by atoms with van der Waals surface area (Å²) in [5, 5.41) is 4.49. The lowest BCUT2D eigenvalue weighted by Crippen LogP contribution is -2.03. The Hall–Kier alpha value is -2.43. The van der Waals surface area contributed by atoms with Crippen LogP contribution in [0.3, 0.4) is 0 Å². The fraction of sp³-hybridized carbons (Fsp3) is 0.0455. The summed E-state index contributed by atoms with van der Waals surface area (Å²) >= 11 is 0. The zero-order valence-corrected chi connectivity index (χ0v) is 13.8. The van der Waals surface area contributed by atoms with Gasteiger partial charge in [-0.15, -0.1) is 0 Å². The molecule has 0 saturated heterocycles. The molecule has 1 unspecified atom stereocenters. The normalized spacial score (nSPS) is 15.6. The van der Waals surface area contributed by atoms with Gasteiger partial charge in [0.15, 0.2) is 18.2 Å². The average molecular weight is 313 g/mol. The molecule has 1 heteroatoms. The number of benzene rings is 3. The fourth-order valence-corrected chi connectivity index (χ4v) is 5.84. The molecule has 0 aromatic heterocycles. The zero-order valence-electron chi connectivity index (χ0n) is 12.9. The van der Waals surface area contributed by atoms with Gasteiger partial charge in [-0.25, -0.2) is 0 Å². The van der Waals surface area contributed by atoms with E-state index in [2.05, 4.69) is 97.1 Å². The minimum Gasteiger partial charge on any atom is -0.0622 e. The first kappa shape index (κ1) is 14.2. The Kier molecular flexibility index (Phi) is 3.92. The molecule has 0 fully saturated rings. The van der Waals surface area contributed by atoms with Gasteiger partial charge < -0.3 is 0 Å². The van der Waals surface area contributed by atoms with Crippen molar-refractivity contribution in [1.29, 1.82) is 0 Å². The summed E-state index contributed by atoms with van der Waals surface area (Å²) in [7, 11) is -0.442. The van der Waals surface area contributed by atoms with E-state index in [4.69, 9.17) is 0 Å². The predicted octanol–water partition coefficient (Wildman–Crippen LogP) is 5.46. The van der Waals surface area contributed by atoms with Crippen LogP contribution in [0.5, 0.6) is 0 Å². The number of hydrogen-bond donors (Lipinski definition) is 0. The largest absolute Gasteiger partial charge is 0.174 e. The van der Waals surface area contributed by atoms with Gasteiger partial charge >= 0.3 is 0 Å². The maximum Gasteiger partial charge on any atom is 0.174 e. The summed E-state index contributed by atoms with van der Waals surface area (Å²) in [5.74, 6) is 0. The van der Waals surface area contributed by atoms with E-state index >= 15 is 0 Å². The molecular weight excluding hydrogens is 295 g/mol. The van der Waals surface area contributed by atoms with Gasteiger partial charge in [-0.2, -0.15) is 0 Å². The van der Waals surface area contributed by atoms with E-state index in [0.717, 1.165) is 6.42 Å². The zero-order chi connectivity index (χ0) is 15.5. The molecule has 0 radical (unpaired) electrons. The van der Waals surface area contributed by atoms with Crippen molar-refractivity contribution < 1.29 is 0 Å². The number of allylic oxidation sites excluding steroid dienone is 1. The molecule has 4 rings (SSSR count). The highest BCUT2D eigenvalue weighted by Crippen LogP contribution is 2.48. The minimum atomic E-state index is -0.442. The molecule has 3 aromatic carbocycles. The SMILES string of the molecule is C1=C(c2ccccc2)[P+](c2ccccc2)=C(c2ccccc2)C1. The standard InChI is InChI=1S/C22H18P/c1-4-10-18(11-5-1)21-16-17-22(19-12-6-2-7-13-19)23(21)20-14-8-3-9-15-20/h1-16H,17H2/q+1. The Morgan fingerprint density at radius 1 is 0.565 bits per heavy atom. The highest BCUT2D eigenvalue weighted by molar-refractivity contribution is 7.76. The first-order chi connectivity index (χ1) is 11.4. The van der Waals surface area contributed by atoms with Gasteiger partial charge in [-0.05, 0) is 18.2 Å². The van der Waals surface area contributed by atoms with E-state index in [0.29, 0.717) is 0 Å². The molecule has 1 heterocycles. The number of rotatable bonds is 3. The first-order valence-electron chi connectivity index (χ1n) is 7.95. The molecule has 23 heavy (non-hydrogen) atoms. The summed E-state index contributed by atoms with van der Waals surface area (Å²) in [4.78, 5) is 0. The van der Waals surface area contributed by atoms with E-state index in [1.54, 1.807) is 5.29 Å². The van der Waals surface area contributed by atoms with Gasteiger partial charge in [0.2, 0.25) is 0 Å². The maximum absolute atomic E-state index is 2.43. The van der Waals surface area contributed by atoms with Crippen LogP contribution in [0, 0.1) is 0 Å². The molecule has 0 saturated carbocycles. The van der Waals surface area contributed by atoms with Crippen molar-refractivity contribution in [2.24, 2.45) is 0 Å². The molecule has 110 valence electrons. The molecule has 1 aliphatic rings. The van der Waals surface area contributed by atoms with E-state index in [1.165, 1.54) is 21.7 Å². The molecule has 0 amide bonds. The smallest absolute Gasteiger partial charge is 0.0622 e. The lowest BCUT2D eigenvalue weighted by molar-refractivity contribution is 1.51. The average Bonchev–Trinajstić information content (AvgIpc) is 3.09. The number of hydrogen-bond acceptors (Lipinski definition) is 0. The van der Waals surface area contributed by atoms with Crippen LogP contribution in [0.25, 0.3) is 5.31 Å². The second-order valence-electron chi connectivity index (χ2n) is 5.64. The van der Waals surface area contributed by atoms with Crippen LogP contribution >= 0.6 is 7.55 Å². The van der Waals surface area contributed by atoms with E-state index in [9.17, 15) is 0 Å². The van der Waals surface area contributed by atoms with Crippen molar-refractivity contribution in [3.8, 4) is 0 Å². The highest BCUT2D eigenvalue weighted by Gasteiger charge is 2.33. The summed E-state index contributed by atoms with van der Waals surface area (Å²) in [6.45, 7) is 0. The van der Waals surface area contributed by atoms with Crippen molar-refractivity contribution >= 4 is 23.5 Å². The maximum atomic E-state index is 2.43. The lowest BCUT2D eigenvalue weighted by Gasteiger charge is -2.02. The molecule has 0 bridgehead atoms. The molecule has 0 spiro atoms. The van der Waals surface area contributed by atoms with E-state index in [-0.39, 0.29) is 0 Å². The van der Waals surface area contributed by atoms with Crippen molar-refractivity contribution in [3.05, 3.63) is 108 Å². The topological polar surface area (TPSA) is 0 Å². The van der Waals surface area contributed by atoms with Gasteiger partial charge in [0.1, 0.15) is 5.29 Å². The van der Waals surface area contributed by atoms with Crippen LogP contribution in [0.15, 0.2) is 97.1 Å². The predicted molar refractivity (Wildman–Crippen MR) is 103 cm³/mol. The third-order valence-corrected chi connectivity index (χ3v) is 6.91. The van der Waals surface area contributed by atoms with Gasteiger partial charge in [0, 0.05) is 17.5 Å². The second-order valence-corrected chi connectivity index (χ2v) is 7.85. The Labute approximate surface area is 138 Å². The minimum absolute atomic E-state index is 0.442. The molecule has 0 nitrogen and oxygen atoms in total. The monoisotopic (exact) mass is 313 g/mol. The summed E-state index contributed by atoms with van der Waals surface area (Å²) in [6.07, 6.45) is 3.48. The first-order valence-corrected chi connectivity index (χ1v) is 9.29. The molecule has 3 aromatic rings. The van der Waals surface area contributed by atoms with Gasteiger partial charge in [0.05, 0.1) is 0 Å². The fourth-order valence-electron chi connectivity index (χ4n) is 3.13. The van der Waals surface area contributed by atoms with Gasteiger partial charge in [-0.1, -0.05) is 78.9 Å². The van der Waals surface area contributed by atoms with E-state index in [1.807, 2.05) is 0 Å². The second kappa shape index (κ2) is 6.36. The van der Waals surface area contributed by atoms with Crippen molar-refractivity contribution in [2.45, 2.75) is 6.42 Å². The van der Waals surface area contributed by atoms with Gasteiger partial charge in [0.25, 0.3) is 0 Å². The third kappa shape index (κ3) is 2.79. The molecular formula is C22H18P+. The Morgan fingerprint density at radius 2 is 1.09 bits per heavy atom. The van der Waals surface area contributed by atoms with Crippen LogP contribution in [0.1, 0.15) is 17.5 Å². The van der Waals surface area contributed by atoms with Gasteiger partial charge in [-0.3, -0.25) is 0 Å². The lowest BCUT2D eigenvalue weighted by atomic mass is 10.1. The quantitative estimate of drug-likeness (QED) is 0.563. The molecule has 1 aliphatic heterocycles. The third-order valence-electron chi connectivity index (χ3n) is 4.19. The molecule has 1 atom stereocenters. The van der Waals surface area contributed by atoms with Crippen molar-refractivity contribution in [3.63, 3.8) is 0 Å². The Bertz CT molecular complexity index is 860. The Balaban J connectivity index is 1.91. The van der Waals surface area contributed by atoms with Crippen LogP contribution in [0.2, 0.25) is 0 Å². The van der Waals surface area contributed by atoms with Crippen LogP contribution in [0.4, 0.5) is 0 Å². The molecule has 0 N–H and O–H groups in total. The van der Waals surface area contributed by atoms with Crippen molar-refractivity contribution in [1.82, 2.24) is 0 Å². The van der Waals surface area contributed by atoms with Crippen LogP contribution in [-0.4, -0.2) is 5.29 Å². The summed E-state index contributed by atoms with van der Waals surface area (Å²) < 4.78 is 0. The van der Waals surface area contributed by atoms with Crippen LogP contribution < -0.4 is 5.30 Å². The van der Waals surface area contributed by atoms with E-state index < -0.39 is 7.55 Å². The highest BCUT2D eigenvalue weighted by atomic mass is 31.1. The summed E-state index contributed by atoms with van der Waals surface area (Å²) in [5.41, 5.74) is 2.73.